The largest absolute Gasteiger partial charge is 0.382 e. The maximum atomic E-state index is 11.4. The Bertz CT molecular complexity index is 919. The zero-order valence-corrected chi connectivity index (χ0v) is 17.1. The first-order valence-electron chi connectivity index (χ1n) is 9.49. The normalized spacial score (nSPS) is 14.9. The monoisotopic (exact) mass is 395 g/mol. The second-order valence-electron chi connectivity index (χ2n) is 7.14. The van der Waals surface area contributed by atoms with Crippen LogP contribution in [0, 0.1) is 19.8 Å². The number of aromatic nitrogens is 3. The molecule has 2 heterocycles. The van der Waals surface area contributed by atoms with Gasteiger partial charge in [-0.3, -0.25) is 0 Å². The molecule has 8 nitrogen and oxygen atoms in total. The summed E-state index contributed by atoms with van der Waals surface area (Å²) in [5.74, 6) is 2.29. The van der Waals surface area contributed by atoms with E-state index in [0.29, 0.717) is 31.5 Å². The van der Waals surface area contributed by atoms with Gasteiger partial charge >= 0.3 is 0 Å². The van der Waals surface area contributed by atoms with Crippen molar-refractivity contribution in [2.75, 3.05) is 31.2 Å². The van der Waals surface area contributed by atoms with Gasteiger partial charge in [0.2, 0.25) is 10.0 Å². The molecule has 0 aromatic carbocycles. The highest BCUT2D eigenvalue weighted by Gasteiger charge is 2.26. The average Bonchev–Trinajstić information content (AvgIpc) is 3.36. The summed E-state index contributed by atoms with van der Waals surface area (Å²) in [4.78, 5) is 9.19. The number of nitrogens with zero attached hydrogens (tertiary/aromatic N) is 3. The van der Waals surface area contributed by atoms with Gasteiger partial charge in [0.15, 0.2) is 5.82 Å². The predicted molar refractivity (Wildman–Crippen MR) is 106 cm³/mol. The molecule has 0 saturated heterocycles. The van der Waals surface area contributed by atoms with Crippen molar-refractivity contribution in [2.24, 2.45) is 5.92 Å². The standard InChI is InChI=1S/C18H29N5O3S/c1-4-27(24,25)20-7-9-26-10-8-23-15(11-14-5-6-14)22-16-17(23)12(2)13(3)21-18(16)19/h14,20H,4-11H2,1-3H3,(H2,19,21). The average molecular weight is 396 g/mol. The summed E-state index contributed by atoms with van der Waals surface area (Å²) in [7, 11) is -3.17. The highest BCUT2D eigenvalue weighted by Crippen LogP contribution is 2.34. The van der Waals surface area contributed by atoms with Gasteiger partial charge in [-0.1, -0.05) is 0 Å². The first-order valence-corrected chi connectivity index (χ1v) is 11.1. The third-order valence-electron chi connectivity index (χ3n) is 5.05. The van der Waals surface area contributed by atoms with Gasteiger partial charge in [0, 0.05) is 25.2 Å². The van der Waals surface area contributed by atoms with Crippen molar-refractivity contribution in [3.63, 3.8) is 0 Å². The lowest BCUT2D eigenvalue weighted by molar-refractivity contribution is 0.131. The van der Waals surface area contributed by atoms with Gasteiger partial charge in [-0.05, 0) is 45.1 Å². The predicted octanol–water partition coefficient (Wildman–Crippen LogP) is 1.54. The van der Waals surface area contributed by atoms with E-state index in [-0.39, 0.29) is 12.3 Å². The quantitative estimate of drug-likeness (QED) is 0.590. The molecule has 27 heavy (non-hydrogen) atoms. The number of hydrogen-bond acceptors (Lipinski definition) is 6. The number of nitrogens with one attached hydrogen (secondary N) is 1. The van der Waals surface area contributed by atoms with E-state index in [1.807, 2.05) is 13.8 Å². The highest BCUT2D eigenvalue weighted by atomic mass is 32.2. The van der Waals surface area contributed by atoms with Crippen LogP contribution in [0.15, 0.2) is 0 Å². The summed E-state index contributed by atoms with van der Waals surface area (Å²) < 4.78 is 33.2. The van der Waals surface area contributed by atoms with E-state index in [2.05, 4.69) is 14.3 Å². The maximum Gasteiger partial charge on any atom is 0.211 e. The van der Waals surface area contributed by atoms with Gasteiger partial charge in [-0.15, -0.1) is 0 Å². The van der Waals surface area contributed by atoms with Gasteiger partial charge < -0.3 is 15.0 Å². The molecule has 0 spiro atoms. The van der Waals surface area contributed by atoms with Crippen LogP contribution in [-0.2, 0) is 27.7 Å². The van der Waals surface area contributed by atoms with Gasteiger partial charge in [0.25, 0.3) is 0 Å². The van der Waals surface area contributed by atoms with Crippen LogP contribution in [0.2, 0.25) is 0 Å². The Labute approximate surface area is 160 Å². The van der Waals surface area contributed by atoms with E-state index in [9.17, 15) is 8.42 Å². The minimum absolute atomic E-state index is 0.0760. The number of fused-ring (bicyclic) bond motifs is 1. The molecule has 2 aromatic rings. The summed E-state index contributed by atoms with van der Waals surface area (Å²) in [6, 6.07) is 0. The molecule has 0 radical (unpaired) electrons. The fourth-order valence-corrected chi connectivity index (χ4v) is 3.75. The first kappa shape index (κ1) is 20.0. The van der Waals surface area contributed by atoms with Gasteiger partial charge in [-0.2, -0.15) is 0 Å². The van der Waals surface area contributed by atoms with Crippen LogP contribution in [0.4, 0.5) is 5.82 Å². The van der Waals surface area contributed by atoms with E-state index in [0.717, 1.165) is 34.5 Å². The van der Waals surface area contributed by atoms with Crippen LogP contribution in [0.5, 0.6) is 0 Å². The first-order chi connectivity index (χ1) is 12.8. The topological polar surface area (TPSA) is 112 Å². The minimum atomic E-state index is -3.17. The number of hydrogen-bond donors (Lipinski definition) is 2. The highest BCUT2D eigenvalue weighted by molar-refractivity contribution is 7.89. The molecule has 9 heteroatoms. The SMILES string of the molecule is CCS(=O)(=O)NCCOCCn1c(CC2CC2)nc2c(N)nc(C)c(C)c21. The van der Waals surface area contributed by atoms with Crippen molar-refractivity contribution in [3.05, 3.63) is 17.1 Å². The molecular formula is C18H29N5O3S. The molecule has 1 fully saturated rings. The van der Waals surface area contributed by atoms with Crippen LogP contribution in [0.1, 0.15) is 36.8 Å². The minimum Gasteiger partial charge on any atom is -0.382 e. The number of nitrogens with two attached hydrogens (primary N) is 1. The van der Waals surface area contributed by atoms with Crippen molar-refractivity contribution >= 4 is 26.9 Å². The summed E-state index contributed by atoms with van der Waals surface area (Å²) in [6.07, 6.45) is 3.45. The summed E-state index contributed by atoms with van der Waals surface area (Å²) in [5.41, 5.74) is 9.92. The van der Waals surface area contributed by atoms with Gasteiger partial charge in [-0.25, -0.2) is 23.1 Å². The number of sulfonamides is 1. The molecule has 3 rings (SSSR count). The van der Waals surface area contributed by atoms with Crippen LogP contribution < -0.4 is 10.5 Å². The zero-order valence-electron chi connectivity index (χ0n) is 16.3. The molecule has 0 bridgehead atoms. The molecule has 0 aliphatic heterocycles. The molecule has 3 N–H and O–H groups in total. The van der Waals surface area contributed by atoms with Crippen molar-refractivity contribution in [2.45, 2.75) is 46.6 Å². The van der Waals surface area contributed by atoms with Crippen LogP contribution in [-0.4, -0.2) is 48.5 Å². The second kappa shape index (κ2) is 8.12. The Morgan fingerprint density at radius 2 is 2.00 bits per heavy atom. The van der Waals surface area contributed by atoms with Crippen molar-refractivity contribution in [3.8, 4) is 0 Å². The number of aryl methyl sites for hydroxylation is 2. The second-order valence-corrected chi connectivity index (χ2v) is 9.24. The smallest absolute Gasteiger partial charge is 0.211 e. The lowest BCUT2D eigenvalue weighted by atomic mass is 10.2. The molecule has 0 unspecified atom stereocenters. The molecule has 0 atom stereocenters. The van der Waals surface area contributed by atoms with Gasteiger partial charge in [0.1, 0.15) is 11.3 Å². The Morgan fingerprint density at radius 1 is 1.26 bits per heavy atom. The third-order valence-corrected chi connectivity index (χ3v) is 6.46. The molecule has 1 saturated carbocycles. The van der Waals surface area contributed by atoms with Crippen molar-refractivity contribution in [1.82, 2.24) is 19.3 Å². The fraction of sp³-hybridized carbons (Fsp3) is 0.667. The number of anilines is 1. The summed E-state index contributed by atoms with van der Waals surface area (Å²) >= 11 is 0. The number of nitrogen functional groups attached to an aromatic ring is 1. The molecular weight excluding hydrogens is 366 g/mol. The van der Waals surface area contributed by atoms with E-state index in [1.165, 1.54) is 12.8 Å². The van der Waals surface area contributed by atoms with Crippen molar-refractivity contribution in [1.29, 1.82) is 0 Å². The summed E-state index contributed by atoms with van der Waals surface area (Å²) in [6.45, 7) is 7.37. The third kappa shape index (κ3) is 4.77. The Kier molecular flexibility index (Phi) is 6.02. The van der Waals surface area contributed by atoms with Crippen LogP contribution in [0.25, 0.3) is 11.0 Å². The summed E-state index contributed by atoms with van der Waals surface area (Å²) in [5, 5.41) is 0. The molecule has 1 aliphatic rings. The molecule has 2 aromatic heterocycles. The molecule has 0 amide bonds. The lowest BCUT2D eigenvalue weighted by Crippen LogP contribution is -2.29. The lowest BCUT2D eigenvalue weighted by Gasteiger charge is -2.12. The number of rotatable bonds is 10. The van der Waals surface area contributed by atoms with Crippen molar-refractivity contribution < 1.29 is 13.2 Å². The fourth-order valence-electron chi connectivity index (χ4n) is 3.15. The molecule has 1 aliphatic carbocycles. The Morgan fingerprint density at radius 3 is 2.67 bits per heavy atom. The Hall–Kier alpha value is -1.71. The van der Waals surface area contributed by atoms with E-state index in [4.69, 9.17) is 15.5 Å². The number of imidazole rings is 1. The Balaban J connectivity index is 1.70. The molecule has 150 valence electrons. The van der Waals surface area contributed by atoms with E-state index < -0.39 is 10.0 Å². The number of ether oxygens (including phenoxy) is 1. The zero-order chi connectivity index (χ0) is 19.6. The van der Waals surface area contributed by atoms with E-state index in [1.54, 1.807) is 6.92 Å². The van der Waals surface area contributed by atoms with Crippen LogP contribution >= 0.6 is 0 Å². The van der Waals surface area contributed by atoms with E-state index >= 15 is 0 Å². The van der Waals surface area contributed by atoms with Gasteiger partial charge in [0.05, 0.1) is 24.5 Å². The van der Waals surface area contributed by atoms with Crippen LogP contribution in [0.3, 0.4) is 0 Å². The maximum absolute atomic E-state index is 11.4. The number of pyridine rings is 1.